The molecule has 0 radical (unpaired) electrons. The van der Waals surface area contributed by atoms with Gasteiger partial charge in [0.25, 0.3) is 5.91 Å². The first-order valence-electron chi connectivity index (χ1n) is 10.1. The van der Waals surface area contributed by atoms with Crippen molar-refractivity contribution in [2.24, 2.45) is 0 Å². The lowest BCUT2D eigenvalue weighted by Gasteiger charge is -2.35. The number of piperidine rings is 1. The molecule has 0 spiro atoms. The van der Waals surface area contributed by atoms with E-state index < -0.39 is 0 Å². The van der Waals surface area contributed by atoms with Crippen molar-refractivity contribution in [3.05, 3.63) is 71.6 Å². The minimum absolute atomic E-state index is 0.0135. The van der Waals surface area contributed by atoms with Crippen molar-refractivity contribution < 1.29 is 9.53 Å². The Morgan fingerprint density at radius 2 is 2.03 bits per heavy atom. The zero-order valence-electron chi connectivity index (χ0n) is 16.7. The van der Waals surface area contributed by atoms with Crippen LogP contribution in [0.4, 0.5) is 0 Å². The third kappa shape index (κ3) is 3.25. The Labute approximate surface area is 178 Å². The third-order valence-electron chi connectivity index (χ3n) is 5.60. The van der Waals surface area contributed by atoms with E-state index in [0.29, 0.717) is 5.69 Å². The normalized spacial score (nSPS) is 16.7. The summed E-state index contributed by atoms with van der Waals surface area (Å²) in [7, 11) is 1.65. The van der Waals surface area contributed by atoms with E-state index in [-0.39, 0.29) is 11.9 Å². The highest BCUT2D eigenvalue weighted by atomic mass is 32.1. The molecule has 1 fully saturated rings. The maximum absolute atomic E-state index is 13.6. The van der Waals surface area contributed by atoms with Crippen molar-refractivity contribution in [3.63, 3.8) is 0 Å². The van der Waals surface area contributed by atoms with Gasteiger partial charge in [0.1, 0.15) is 11.4 Å². The lowest BCUT2D eigenvalue weighted by atomic mass is 9.98. The van der Waals surface area contributed by atoms with Crippen molar-refractivity contribution in [2.75, 3.05) is 13.7 Å². The van der Waals surface area contributed by atoms with Crippen LogP contribution in [0.5, 0.6) is 5.75 Å². The van der Waals surface area contributed by atoms with Crippen LogP contribution < -0.4 is 4.74 Å². The summed E-state index contributed by atoms with van der Waals surface area (Å²) in [6.45, 7) is 0.742. The minimum atomic E-state index is 0.0135. The summed E-state index contributed by atoms with van der Waals surface area (Å²) in [5, 5.41) is 1.90. The van der Waals surface area contributed by atoms with Crippen LogP contribution in [0.15, 0.2) is 60.2 Å². The lowest BCUT2D eigenvalue weighted by Crippen LogP contribution is -2.39. The average molecular weight is 419 g/mol. The standard InChI is InChI=1S/C23H22N4O2S/c1-29-21-11-3-2-8-16(21)18-14-27-20(15-30-23(27)25-18)22(28)26-13-7-5-10-19(26)17-9-4-6-12-24-17/h2-4,6,8-9,11-12,14-15,19H,5,7,10,13H2,1H3/t19-/m1/s1. The Morgan fingerprint density at radius 1 is 1.17 bits per heavy atom. The number of nitrogens with zero attached hydrogens (tertiary/aromatic N) is 4. The SMILES string of the molecule is COc1ccccc1-c1cn2c(C(=O)N3CCCC[C@@H]3c3ccccn3)csc2n1. The molecule has 5 rings (SSSR count). The fraction of sp³-hybridized carbons (Fsp3) is 0.261. The lowest BCUT2D eigenvalue weighted by molar-refractivity contribution is 0.0599. The number of para-hydroxylation sites is 1. The van der Waals surface area contributed by atoms with Gasteiger partial charge < -0.3 is 9.64 Å². The van der Waals surface area contributed by atoms with E-state index in [0.717, 1.165) is 53.5 Å². The Bertz CT molecular complexity index is 1180. The number of amides is 1. The summed E-state index contributed by atoms with van der Waals surface area (Å²) in [6.07, 6.45) is 6.78. The third-order valence-corrected chi connectivity index (χ3v) is 6.44. The maximum Gasteiger partial charge on any atom is 0.272 e. The largest absolute Gasteiger partial charge is 0.496 e. The van der Waals surface area contributed by atoms with Gasteiger partial charge in [-0.3, -0.25) is 14.2 Å². The molecule has 0 bridgehead atoms. The Morgan fingerprint density at radius 3 is 2.87 bits per heavy atom. The van der Waals surface area contributed by atoms with Crippen LogP contribution >= 0.6 is 11.3 Å². The van der Waals surface area contributed by atoms with Gasteiger partial charge in [-0.05, 0) is 43.5 Å². The zero-order valence-corrected chi connectivity index (χ0v) is 17.5. The molecule has 152 valence electrons. The van der Waals surface area contributed by atoms with Crippen molar-refractivity contribution >= 4 is 22.2 Å². The predicted molar refractivity (Wildman–Crippen MR) is 117 cm³/mol. The number of ether oxygens (including phenoxy) is 1. The van der Waals surface area contributed by atoms with Crippen LogP contribution in [0.2, 0.25) is 0 Å². The van der Waals surface area contributed by atoms with Crippen LogP contribution in [-0.2, 0) is 0 Å². The number of carbonyl (C=O) groups excluding carboxylic acids is 1. The molecular weight excluding hydrogens is 396 g/mol. The smallest absolute Gasteiger partial charge is 0.272 e. The number of aromatic nitrogens is 3. The first kappa shape index (κ1) is 18.8. The summed E-state index contributed by atoms with van der Waals surface area (Å²) < 4.78 is 7.38. The number of hydrogen-bond acceptors (Lipinski definition) is 5. The maximum atomic E-state index is 13.6. The number of carbonyl (C=O) groups is 1. The second-order valence-electron chi connectivity index (χ2n) is 7.36. The first-order valence-corrected chi connectivity index (χ1v) is 11.0. The Balaban J connectivity index is 1.51. The monoisotopic (exact) mass is 418 g/mol. The van der Waals surface area contributed by atoms with E-state index in [9.17, 15) is 4.79 Å². The van der Waals surface area contributed by atoms with E-state index in [1.807, 2.05) is 63.3 Å². The number of benzene rings is 1. The van der Waals surface area contributed by atoms with Gasteiger partial charge in [-0.1, -0.05) is 18.2 Å². The number of pyridine rings is 1. The number of hydrogen-bond donors (Lipinski definition) is 0. The molecule has 6 nitrogen and oxygen atoms in total. The van der Waals surface area contributed by atoms with E-state index in [1.165, 1.54) is 11.3 Å². The van der Waals surface area contributed by atoms with Gasteiger partial charge >= 0.3 is 0 Å². The van der Waals surface area contributed by atoms with Crippen LogP contribution in [0, 0.1) is 0 Å². The van der Waals surface area contributed by atoms with Crippen LogP contribution in [0.3, 0.4) is 0 Å². The molecule has 4 heterocycles. The minimum Gasteiger partial charge on any atom is -0.496 e. The average Bonchev–Trinajstić information content (AvgIpc) is 3.40. The molecule has 7 heteroatoms. The van der Waals surface area contributed by atoms with Crippen molar-refractivity contribution in [1.29, 1.82) is 0 Å². The fourth-order valence-electron chi connectivity index (χ4n) is 4.13. The molecule has 1 aliphatic rings. The molecule has 1 saturated heterocycles. The molecule has 3 aromatic heterocycles. The molecule has 1 aromatic carbocycles. The van der Waals surface area contributed by atoms with Gasteiger partial charge in [0, 0.05) is 29.9 Å². The molecular formula is C23H22N4O2S. The topological polar surface area (TPSA) is 59.7 Å². The summed E-state index contributed by atoms with van der Waals surface area (Å²) in [6, 6.07) is 13.7. The molecule has 1 aliphatic heterocycles. The van der Waals surface area contributed by atoms with Crippen molar-refractivity contribution in [3.8, 4) is 17.0 Å². The number of fused-ring (bicyclic) bond motifs is 1. The Hall–Kier alpha value is -3.19. The van der Waals surface area contributed by atoms with Crippen molar-refractivity contribution in [2.45, 2.75) is 25.3 Å². The van der Waals surface area contributed by atoms with Crippen LogP contribution in [0.1, 0.15) is 41.5 Å². The van der Waals surface area contributed by atoms with E-state index >= 15 is 0 Å². The number of methoxy groups -OCH3 is 1. The molecule has 1 atom stereocenters. The number of rotatable bonds is 4. The van der Waals surface area contributed by atoms with Gasteiger partial charge in [-0.2, -0.15) is 0 Å². The molecule has 0 aliphatic carbocycles. The van der Waals surface area contributed by atoms with Crippen LogP contribution in [0.25, 0.3) is 16.2 Å². The summed E-state index contributed by atoms with van der Waals surface area (Å²) in [5.74, 6) is 0.794. The second kappa shape index (κ2) is 7.91. The second-order valence-corrected chi connectivity index (χ2v) is 8.20. The molecule has 0 unspecified atom stereocenters. The fourth-order valence-corrected chi connectivity index (χ4v) is 4.97. The van der Waals surface area contributed by atoms with Gasteiger partial charge in [-0.25, -0.2) is 4.98 Å². The van der Waals surface area contributed by atoms with E-state index in [2.05, 4.69) is 4.98 Å². The van der Waals surface area contributed by atoms with Gasteiger partial charge in [0.15, 0.2) is 4.96 Å². The molecule has 30 heavy (non-hydrogen) atoms. The van der Waals surface area contributed by atoms with Gasteiger partial charge in [0.2, 0.25) is 0 Å². The van der Waals surface area contributed by atoms with E-state index in [4.69, 9.17) is 9.72 Å². The summed E-state index contributed by atoms with van der Waals surface area (Å²) >= 11 is 1.48. The highest BCUT2D eigenvalue weighted by Crippen LogP contribution is 2.34. The van der Waals surface area contributed by atoms with Crippen molar-refractivity contribution in [1.82, 2.24) is 19.3 Å². The molecule has 1 amide bonds. The van der Waals surface area contributed by atoms with Gasteiger partial charge in [0.05, 0.1) is 24.5 Å². The summed E-state index contributed by atoms with van der Waals surface area (Å²) in [5.41, 5.74) is 3.32. The van der Waals surface area contributed by atoms with Gasteiger partial charge in [-0.15, -0.1) is 11.3 Å². The number of likely N-dealkylation sites (tertiary alicyclic amines) is 1. The quantitative estimate of drug-likeness (QED) is 0.476. The number of imidazole rings is 1. The predicted octanol–water partition coefficient (Wildman–Crippen LogP) is 4.83. The molecule has 4 aromatic rings. The van der Waals surface area contributed by atoms with Crippen LogP contribution in [-0.4, -0.2) is 38.8 Å². The Kier molecular flexibility index (Phi) is 4.96. The highest BCUT2D eigenvalue weighted by molar-refractivity contribution is 7.15. The zero-order chi connectivity index (χ0) is 20.5. The van der Waals surface area contributed by atoms with E-state index in [1.54, 1.807) is 13.3 Å². The molecule has 0 saturated carbocycles. The summed E-state index contributed by atoms with van der Waals surface area (Å²) in [4.78, 5) is 25.6. The number of thiazole rings is 1. The highest BCUT2D eigenvalue weighted by Gasteiger charge is 2.31. The first-order chi connectivity index (χ1) is 14.8. The molecule has 0 N–H and O–H groups in total.